The first-order valence-corrected chi connectivity index (χ1v) is 25.2. The number of amides is 4. The van der Waals surface area contributed by atoms with Crippen molar-refractivity contribution in [2.45, 2.75) is 25.7 Å². The zero-order chi connectivity index (χ0) is 53.1. The summed E-state index contributed by atoms with van der Waals surface area (Å²) in [6.45, 7) is 4.74. The monoisotopic (exact) mass is 1050 g/mol. The number of nitrogens with one attached hydrogen (secondary N) is 3. The Morgan fingerprint density at radius 2 is 1.16 bits per heavy atom. The summed E-state index contributed by atoms with van der Waals surface area (Å²) < 4.78 is 1.68. The van der Waals surface area contributed by atoms with Crippen LogP contribution in [0.15, 0.2) is 140 Å². The maximum absolute atomic E-state index is 13.7. The van der Waals surface area contributed by atoms with Crippen LogP contribution in [0.5, 0.6) is 23.0 Å². The highest BCUT2D eigenvalue weighted by atomic mass is 35.5. The van der Waals surface area contributed by atoms with E-state index in [1.807, 2.05) is 50.2 Å². The lowest BCUT2D eigenvalue weighted by Crippen LogP contribution is -2.30. The molecule has 380 valence electrons. The number of aromatic hydroxyl groups is 4. The van der Waals surface area contributed by atoms with Crippen LogP contribution in [-0.2, 0) is 0 Å². The summed E-state index contributed by atoms with van der Waals surface area (Å²) in [4.78, 5) is 67.7. The Bertz CT molecular complexity index is 3750. The van der Waals surface area contributed by atoms with E-state index in [4.69, 9.17) is 23.2 Å². The number of pyridine rings is 2. The first-order valence-electron chi connectivity index (χ1n) is 24.1. The molecule has 10 aromatic rings. The molecule has 6 heterocycles. The van der Waals surface area contributed by atoms with E-state index in [-0.39, 0.29) is 64.2 Å². The van der Waals surface area contributed by atoms with Gasteiger partial charge in [-0.15, -0.1) is 23.2 Å². The Labute approximate surface area is 443 Å². The second-order valence-corrected chi connectivity index (χ2v) is 19.5. The van der Waals surface area contributed by atoms with E-state index in [9.17, 15) is 39.6 Å². The number of halogens is 2. The van der Waals surface area contributed by atoms with Crippen LogP contribution in [0.3, 0.4) is 0 Å². The maximum Gasteiger partial charge on any atom is 0.278 e. The molecule has 0 bridgehead atoms. The predicted molar refractivity (Wildman–Crippen MR) is 294 cm³/mol. The molecule has 18 heteroatoms. The molecule has 2 aliphatic rings. The van der Waals surface area contributed by atoms with Crippen LogP contribution in [0, 0.1) is 13.8 Å². The van der Waals surface area contributed by atoms with Crippen LogP contribution in [0.1, 0.15) is 75.8 Å². The number of rotatable bonds is 8. The Morgan fingerprint density at radius 1 is 0.632 bits per heavy atom. The lowest BCUT2D eigenvalue weighted by Gasteiger charge is -2.18. The zero-order valence-corrected chi connectivity index (χ0v) is 42.2. The van der Waals surface area contributed by atoms with Gasteiger partial charge in [0.25, 0.3) is 23.6 Å². The average molecular weight is 1050 g/mol. The molecule has 2 aliphatic heterocycles. The van der Waals surface area contributed by atoms with Crippen LogP contribution in [-0.4, -0.2) is 88.3 Å². The van der Waals surface area contributed by atoms with E-state index in [1.54, 1.807) is 63.0 Å². The van der Waals surface area contributed by atoms with Crippen molar-refractivity contribution >= 4 is 108 Å². The molecule has 12 rings (SSSR count). The number of H-pyrrole nitrogens is 1. The Kier molecular flexibility index (Phi) is 12.7. The van der Waals surface area contributed by atoms with Gasteiger partial charge in [0.2, 0.25) is 0 Å². The van der Waals surface area contributed by atoms with E-state index in [2.05, 4.69) is 25.6 Å². The quantitative estimate of drug-likeness (QED) is 0.0713. The van der Waals surface area contributed by atoms with E-state index >= 15 is 0 Å². The number of aromatic nitrogens is 4. The van der Waals surface area contributed by atoms with Crippen LogP contribution in [0.2, 0.25) is 0 Å². The van der Waals surface area contributed by atoms with Crippen molar-refractivity contribution in [2.24, 2.45) is 0 Å². The Hall–Kier alpha value is -9.12. The van der Waals surface area contributed by atoms with Gasteiger partial charge in [-0.25, -0.2) is 9.97 Å². The van der Waals surface area contributed by atoms with Crippen molar-refractivity contribution in [3.05, 3.63) is 185 Å². The number of nitrogens with zero attached hydrogens (tertiary/aromatic N) is 5. The van der Waals surface area contributed by atoms with Gasteiger partial charge in [0.1, 0.15) is 45.7 Å². The van der Waals surface area contributed by atoms with Gasteiger partial charge in [-0.05, 0) is 120 Å². The predicted octanol–water partition coefficient (Wildman–Crippen LogP) is 11.1. The number of imidazole rings is 1. The number of benzene rings is 6. The highest BCUT2D eigenvalue weighted by Crippen LogP contribution is 2.48. The molecule has 16 nitrogen and oxygen atoms in total. The molecular formula is C58H46Cl2N8O8. The Balaban J connectivity index is 0.000000162. The molecule has 0 fully saturated rings. The van der Waals surface area contributed by atoms with Crippen LogP contribution >= 0.6 is 23.2 Å². The fraction of sp³-hybridized carbons (Fsp3) is 0.138. The number of carbonyl (C=O) groups excluding carboxylic acids is 4. The van der Waals surface area contributed by atoms with Gasteiger partial charge in [-0.2, -0.15) is 0 Å². The van der Waals surface area contributed by atoms with E-state index in [0.29, 0.717) is 81.1 Å². The molecule has 76 heavy (non-hydrogen) atoms. The Morgan fingerprint density at radius 3 is 1.70 bits per heavy atom. The summed E-state index contributed by atoms with van der Waals surface area (Å²) in [6.07, 6.45) is 4.81. The highest BCUT2D eigenvalue weighted by Gasteiger charge is 2.38. The molecule has 0 unspecified atom stereocenters. The summed E-state index contributed by atoms with van der Waals surface area (Å²) in [5.74, 6) is -0.358. The number of carbonyl (C=O) groups is 4. The van der Waals surface area contributed by atoms with Crippen molar-refractivity contribution in [3.8, 4) is 23.0 Å². The molecule has 2 atom stereocenters. The summed E-state index contributed by atoms with van der Waals surface area (Å²) in [7, 11) is 0. The van der Waals surface area contributed by atoms with Crippen molar-refractivity contribution in [1.82, 2.24) is 19.4 Å². The van der Waals surface area contributed by atoms with Crippen molar-refractivity contribution in [3.63, 3.8) is 0 Å². The molecular weight excluding hydrogens is 1010 g/mol. The number of aryl methyl sites for hydroxylation is 2. The smallest absolute Gasteiger partial charge is 0.278 e. The molecule has 0 spiro atoms. The minimum Gasteiger partial charge on any atom is -0.508 e. The third-order valence-electron chi connectivity index (χ3n) is 13.9. The zero-order valence-electron chi connectivity index (χ0n) is 40.7. The molecule has 7 N–H and O–H groups in total. The fourth-order valence-electron chi connectivity index (χ4n) is 10.3. The summed E-state index contributed by atoms with van der Waals surface area (Å²) in [5, 5.41) is 50.0. The highest BCUT2D eigenvalue weighted by molar-refractivity contribution is 6.20. The largest absolute Gasteiger partial charge is 0.508 e. The summed E-state index contributed by atoms with van der Waals surface area (Å²) >= 11 is 12.7. The average Bonchev–Trinajstić information content (AvgIpc) is 4.22. The van der Waals surface area contributed by atoms with Gasteiger partial charge < -0.3 is 50.2 Å². The molecule has 6 aromatic carbocycles. The van der Waals surface area contributed by atoms with Crippen LogP contribution < -0.4 is 20.4 Å². The first-order chi connectivity index (χ1) is 36.7. The molecule has 0 saturated heterocycles. The molecule has 0 aliphatic carbocycles. The maximum atomic E-state index is 13.7. The third-order valence-corrected chi connectivity index (χ3v) is 14.7. The number of alkyl halides is 2. The number of hydrogen-bond donors (Lipinski definition) is 7. The van der Waals surface area contributed by atoms with Gasteiger partial charge in [-0.1, -0.05) is 36.4 Å². The minimum atomic E-state index is -0.346. The SMILES string of the molecule is Cc1cccc2c(O)cc3c(c12)[C@H](CCl)CN3C(=O)c1cc2cc(NC(=O)c3ccc(O)cc3)cnc2[nH]1.Cc1cccc2c(O)cc3c(c12)[C@H](CCl)CN3C(=O)c1cn2cc(NC(=O)c3ccc(O)cc3)ccc2n1. The lowest BCUT2D eigenvalue weighted by atomic mass is 9.92. The number of hydrogen-bond acceptors (Lipinski definition) is 10. The molecule has 4 amide bonds. The van der Waals surface area contributed by atoms with Gasteiger partial charge in [0.15, 0.2) is 0 Å². The summed E-state index contributed by atoms with van der Waals surface area (Å²) in [5.41, 5.74) is 8.62. The first kappa shape index (κ1) is 49.1. The number of phenols is 4. The topological polar surface area (TPSA) is 226 Å². The van der Waals surface area contributed by atoms with E-state index < -0.39 is 0 Å². The van der Waals surface area contributed by atoms with Crippen molar-refractivity contribution in [2.75, 3.05) is 45.3 Å². The second kappa shape index (κ2) is 19.6. The van der Waals surface area contributed by atoms with Crippen molar-refractivity contribution < 1.29 is 39.6 Å². The van der Waals surface area contributed by atoms with Crippen molar-refractivity contribution in [1.29, 1.82) is 0 Å². The minimum absolute atomic E-state index is 0.0747. The fourth-order valence-corrected chi connectivity index (χ4v) is 10.8. The van der Waals surface area contributed by atoms with Gasteiger partial charge in [0, 0.05) is 88.5 Å². The number of fused-ring (bicyclic) bond motifs is 8. The third kappa shape index (κ3) is 8.86. The normalized spacial score (nSPS) is 14.7. The van der Waals surface area contributed by atoms with Crippen LogP contribution in [0.25, 0.3) is 38.2 Å². The molecule has 0 saturated carbocycles. The molecule has 0 radical (unpaired) electrons. The number of phenolic OH excluding ortho intramolecular Hbond substituents is 4. The standard InChI is InChI=1S/2C29H23ClN4O4/c1-16-3-2-4-21-24(36)11-23-27(26(16)21)18(12-30)13-34(23)29(38)22-15-33-14-19(7-10-25(33)32-22)31-28(37)17-5-8-20(35)9-6-17;1-15-3-2-4-21-24(36)11-23-26(25(15)21)18(12-30)14-34(23)29(38)22-10-17-9-19(13-31-27(17)33-22)32-28(37)16-5-7-20(35)8-6-16/h2-11,14-15,18,35-36H,12-13H2,1H3,(H,31,37);2-11,13,18,35-36H,12,14H2,1H3,(H,31,33)(H,32,37)/t2*18-/m11/s1. The second-order valence-electron chi connectivity index (χ2n) is 18.8. The number of anilines is 4. The van der Waals surface area contributed by atoms with Gasteiger partial charge >= 0.3 is 0 Å². The van der Waals surface area contributed by atoms with E-state index in [1.165, 1.54) is 54.7 Å². The number of aromatic amines is 1. The van der Waals surface area contributed by atoms with Gasteiger partial charge in [0.05, 0.1) is 28.9 Å². The lowest BCUT2D eigenvalue weighted by molar-refractivity contribution is 0.0976. The summed E-state index contributed by atoms with van der Waals surface area (Å²) in [6, 6.07) is 33.5. The van der Waals surface area contributed by atoms with Gasteiger partial charge in [-0.3, -0.25) is 19.2 Å². The molecule has 4 aromatic heterocycles. The van der Waals surface area contributed by atoms with Crippen LogP contribution in [0.4, 0.5) is 22.7 Å². The van der Waals surface area contributed by atoms with E-state index in [0.717, 1.165) is 43.8 Å².